The van der Waals surface area contributed by atoms with Gasteiger partial charge < -0.3 is 5.73 Å². The molecule has 1 atom stereocenters. The van der Waals surface area contributed by atoms with Crippen molar-refractivity contribution in [3.8, 4) is 0 Å². The summed E-state index contributed by atoms with van der Waals surface area (Å²) in [4.78, 5) is 17.2. The van der Waals surface area contributed by atoms with Gasteiger partial charge in [-0.1, -0.05) is 43.3 Å². The van der Waals surface area contributed by atoms with Gasteiger partial charge in [0.25, 0.3) is 0 Å². The second-order valence-electron chi connectivity index (χ2n) is 5.90. The van der Waals surface area contributed by atoms with Crippen molar-refractivity contribution in [2.24, 2.45) is 5.73 Å². The number of rotatable bonds is 3. The average Bonchev–Trinajstić information content (AvgIpc) is 2.98. The first kappa shape index (κ1) is 14.8. The van der Waals surface area contributed by atoms with Crippen LogP contribution < -0.4 is 5.73 Å². The molecule has 3 nitrogen and oxygen atoms in total. The lowest BCUT2D eigenvalue weighted by molar-refractivity contribution is 0.100. The molecule has 0 fully saturated rings. The Hall–Kier alpha value is -2.72. The van der Waals surface area contributed by atoms with Crippen molar-refractivity contribution < 1.29 is 4.79 Å². The number of hydrogen-bond donors (Lipinski definition) is 1. The molecule has 2 heterocycles. The molecule has 0 bridgehead atoms. The van der Waals surface area contributed by atoms with Gasteiger partial charge in [0.15, 0.2) is 0 Å². The van der Waals surface area contributed by atoms with Gasteiger partial charge in [-0.05, 0) is 29.8 Å². The third-order valence-electron chi connectivity index (χ3n) is 4.39. The number of amides is 1. The first-order valence-electron chi connectivity index (χ1n) is 7.81. The minimum Gasteiger partial charge on any atom is -0.366 e. The molecule has 118 valence electrons. The van der Waals surface area contributed by atoms with Crippen LogP contribution >= 0.6 is 11.3 Å². The van der Waals surface area contributed by atoms with E-state index in [1.165, 1.54) is 5.56 Å². The summed E-state index contributed by atoms with van der Waals surface area (Å²) >= 11 is 1.60. The highest BCUT2D eigenvalue weighted by Crippen LogP contribution is 2.35. The molecular formula is C20H16N2OS. The Morgan fingerprint density at radius 1 is 1.04 bits per heavy atom. The van der Waals surface area contributed by atoms with Crippen LogP contribution in [0.2, 0.25) is 0 Å². The molecule has 2 aromatic carbocycles. The normalized spacial score (nSPS) is 12.5. The summed E-state index contributed by atoms with van der Waals surface area (Å²) < 4.78 is 1.04. The number of aromatic nitrogens is 1. The highest BCUT2D eigenvalue weighted by Gasteiger charge is 2.13. The molecular weight excluding hydrogens is 316 g/mol. The molecule has 24 heavy (non-hydrogen) atoms. The summed E-state index contributed by atoms with van der Waals surface area (Å²) in [7, 11) is 0. The van der Waals surface area contributed by atoms with Gasteiger partial charge in [-0.25, -0.2) is 4.98 Å². The predicted molar refractivity (Wildman–Crippen MR) is 99.6 cm³/mol. The zero-order valence-electron chi connectivity index (χ0n) is 13.2. The number of carbonyl (C=O) groups is 1. The third kappa shape index (κ3) is 2.45. The monoisotopic (exact) mass is 332 g/mol. The molecule has 2 N–H and O–H groups in total. The van der Waals surface area contributed by atoms with Crippen LogP contribution in [0.15, 0.2) is 60.7 Å². The van der Waals surface area contributed by atoms with E-state index in [0.29, 0.717) is 5.56 Å². The van der Waals surface area contributed by atoms with E-state index >= 15 is 0 Å². The molecule has 0 aliphatic carbocycles. The van der Waals surface area contributed by atoms with Gasteiger partial charge in [-0.15, -0.1) is 11.3 Å². The Labute approximate surface area is 143 Å². The Kier molecular flexibility index (Phi) is 3.54. The lowest BCUT2D eigenvalue weighted by Gasteiger charge is -2.11. The van der Waals surface area contributed by atoms with Crippen LogP contribution in [-0.4, -0.2) is 10.9 Å². The van der Waals surface area contributed by atoms with Crippen LogP contribution in [0.3, 0.4) is 0 Å². The maximum atomic E-state index is 11.4. The Morgan fingerprint density at radius 2 is 1.79 bits per heavy atom. The summed E-state index contributed by atoms with van der Waals surface area (Å²) in [5.74, 6) is -0.164. The molecule has 0 unspecified atom stereocenters. The van der Waals surface area contributed by atoms with Crippen molar-refractivity contribution in [1.29, 1.82) is 0 Å². The van der Waals surface area contributed by atoms with Gasteiger partial charge in [0.05, 0.1) is 0 Å². The summed E-state index contributed by atoms with van der Waals surface area (Å²) in [5.41, 5.74) is 8.21. The maximum absolute atomic E-state index is 11.4. The van der Waals surface area contributed by atoms with Crippen molar-refractivity contribution in [2.75, 3.05) is 0 Å². The first-order chi connectivity index (χ1) is 11.6. The first-order valence-corrected chi connectivity index (χ1v) is 8.63. The van der Waals surface area contributed by atoms with E-state index < -0.39 is 5.91 Å². The van der Waals surface area contributed by atoms with Gasteiger partial charge in [0.2, 0.25) is 5.91 Å². The van der Waals surface area contributed by atoms with Gasteiger partial charge in [0.1, 0.15) is 4.83 Å². The van der Waals surface area contributed by atoms with Gasteiger partial charge >= 0.3 is 0 Å². The summed E-state index contributed by atoms with van der Waals surface area (Å²) in [6, 6.07) is 20.2. The van der Waals surface area contributed by atoms with E-state index in [9.17, 15) is 4.79 Å². The highest BCUT2D eigenvalue weighted by atomic mass is 32.1. The lowest BCUT2D eigenvalue weighted by Crippen LogP contribution is -2.10. The second-order valence-corrected chi connectivity index (χ2v) is 6.93. The van der Waals surface area contributed by atoms with E-state index in [0.717, 1.165) is 26.0 Å². The maximum Gasteiger partial charge on any atom is 0.248 e. The molecule has 4 aromatic rings. The number of carbonyl (C=O) groups excluding carboxylic acids is 1. The number of primary amides is 1. The van der Waals surface area contributed by atoms with Gasteiger partial charge in [-0.2, -0.15) is 0 Å². The SMILES string of the molecule is C[C@H](c1ccccc1)c1ccc2c(n1)sc1cc(C(N)=O)ccc12. The van der Waals surface area contributed by atoms with Gasteiger partial charge in [0, 0.05) is 32.6 Å². The van der Waals surface area contributed by atoms with Crippen LogP contribution in [0.5, 0.6) is 0 Å². The molecule has 4 rings (SSSR count). The number of nitrogens with zero attached hydrogens (tertiary/aromatic N) is 1. The molecule has 0 spiro atoms. The quantitative estimate of drug-likeness (QED) is 0.591. The Balaban J connectivity index is 1.83. The largest absolute Gasteiger partial charge is 0.366 e. The molecule has 4 heteroatoms. The van der Waals surface area contributed by atoms with Crippen molar-refractivity contribution in [3.63, 3.8) is 0 Å². The molecule has 2 aromatic heterocycles. The zero-order valence-corrected chi connectivity index (χ0v) is 14.0. The fraction of sp³-hybridized carbons (Fsp3) is 0.100. The van der Waals surface area contributed by atoms with E-state index in [1.54, 1.807) is 17.4 Å². The molecule has 0 saturated carbocycles. The minimum atomic E-state index is -0.402. The molecule has 1 amide bonds. The third-order valence-corrected chi connectivity index (χ3v) is 5.45. The number of benzene rings is 2. The molecule has 0 aliphatic heterocycles. The van der Waals surface area contributed by atoms with E-state index in [4.69, 9.17) is 10.7 Å². The van der Waals surface area contributed by atoms with Crippen LogP contribution in [0.25, 0.3) is 20.3 Å². The fourth-order valence-electron chi connectivity index (χ4n) is 2.98. The standard InChI is InChI=1S/C20H16N2OS/c1-12(13-5-3-2-4-6-13)17-10-9-16-15-8-7-14(19(21)23)11-18(15)24-20(16)22-17/h2-12H,1H3,(H2,21,23)/t12-/m1/s1. The predicted octanol–water partition coefficient (Wildman–Crippen LogP) is 4.70. The van der Waals surface area contributed by atoms with Crippen LogP contribution in [0.4, 0.5) is 0 Å². The lowest BCUT2D eigenvalue weighted by atomic mass is 9.97. The fourth-order valence-corrected chi connectivity index (χ4v) is 4.10. The van der Waals surface area contributed by atoms with Gasteiger partial charge in [-0.3, -0.25) is 4.79 Å². The second kappa shape index (κ2) is 5.73. The minimum absolute atomic E-state index is 0.238. The van der Waals surface area contributed by atoms with Crippen LogP contribution in [-0.2, 0) is 0 Å². The zero-order chi connectivity index (χ0) is 16.7. The Morgan fingerprint density at radius 3 is 2.54 bits per heavy atom. The van der Waals surface area contributed by atoms with Crippen LogP contribution in [0, 0.1) is 0 Å². The van der Waals surface area contributed by atoms with Crippen molar-refractivity contribution in [2.45, 2.75) is 12.8 Å². The average molecular weight is 332 g/mol. The van der Waals surface area contributed by atoms with E-state index in [-0.39, 0.29) is 5.92 Å². The van der Waals surface area contributed by atoms with E-state index in [2.05, 4.69) is 43.3 Å². The number of nitrogens with two attached hydrogens (primary N) is 1. The highest BCUT2D eigenvalue weighted by molar-refractivity contribution is 7.25. The summed E-state index contributed by atoms with van der Waals surface area (Å²) in [5, 5.41) is 2.24. The topological polar surface area (TPSA) is 56.0 Å². The molecule has 0 radical (unpaired) electrons. The number of thiophene rings is 1. The number of pyridine rings is 1. The molecule has 0 saturated heterocycles. The Bertz CT molecular complexity index is 1050. The smallest absolute Gasteiger partial charge is 0.248 e. The summed E-state index contributed by atoms with van der Waals surface area (Å²) in [6.07, 6.45) is 0. The van der Waals surface area contributed by atoms with Crippen molar-refractivity contribution >= 4 is 37.5 Å². The van der Waals surface area contributed by atoms with Crippen molar-refractivity contribution in [1.82, 2.24) is 4.98 Å². The van der Waals surface area contributed by atoms with E-state index in [1.807, 2.05) is 18.2 Å². The van der Waals surface area contributed by atoms with Crippen LogP contribution in [0.1, 0.15) is 34.5 Å². The van der Waals surface area contributed by atoms with Crippen molar-refractivity contribution in [3.05, 3.63) is 77.5 Å². The number of fused-ring (bicyclic) bond motifs is 3. The molecule has 0 aliphatic rings. The summed E-state index contributed by atoms with van der Waals surface area (Å²) in [6.45, 7) is 2.17. The number of hydrogen-bond acceptors (Lipinski definition) is 3.